The van der Waals surface area contributed by atoms with Crippen molar-refractivity contribution in [1.29, 1.82) is 0 Å². The van der Waals surface area contributed by atoms with E-state index in [-0.39, 0.29) is 17.6 Å². The summed E-state index contributed by atoms with van der Waals surface area (Å²) in [6.45, 7) is 4.75. The van der Waals surface area contributed by atoms with E-state index < -0.39 is 0 Å². The Morgan fingerprint density at radius 3 is 2.67 bits per heavy atom. The number of hydrogen-bond acceptors (Lipinski definition) is 4. The summed E-state index contributed by atoms with van der Waals surface area (Å²) in [5.74, 6) is -0.150. The van der Waals surface area contributed by atoms with Gasteiger partial charge in [0.1, 0.15) is 0 Å². The van der Waals surface area contributed by atoms with Crippen molar-refractivity contribution in [2.75, 3.05) is 18.8 Å². The largest absolute Gasteiger partial charge is 0.354 e. The minimum atomic E-state index is -0.264. The van der Waals surface area contributed by atoms with E-state index >= 15 is 0 Å². The van der Waals surface area contributed by atoms with Crippen LogP contribution in [0.4, 0.5) is 0 Å². The molecule has 0 aliphatic rings. The van der Waals surface area contributed by atoms with Crippen molar-refractivity contribution in [3.63, 3.8) is 0 Å². The van der Waals surface area contributed by atoms with Gasteiger partial charge in [0.2, 0.25) is 5.91 Å². The number of imidazole rings is 1. The number of nitrogens with one attached hydrogen (secondary N) is 2. The molecule has 1 heterocycles. The maximum absolute atomic E-state index is 12.2. The number of aromatic nitrogens is 2. The number of nitrogens with zero attached hydrogens (tertiary/aromatic N) is 2. The third kappa shape index (κ3) is 5.64. The van der Waals surface area contributed by atoms with Gasteiger partial charge in [-0.05, 0) is 43.2 Å². The molecule has 0 atom stereocenters. The molecular formula is C22H23ClN4O2S. The monoisotopic (exact) mass is 442 g/mol. The Hall–Kier alpha value is -2.77. The lowest BCUT2D eigenvalue weighted by Crippen LogP contribution is -2.35. The van der Waals surface area contributed by atoms with Crippen LogP contribution in [0.25, 0.3) is 5.69 Å². The van der Waals surface area contributed by atoms with E-state index in [1.54, 1.807) is 30.5 Å². The van der Waals surface area contributed by atoms with E-state index in [2.05, 4.69) is 33.8 Å². The predicted octanol–water partition coefficient (Wildman–Crippen LogP) is 3.78. The summed E-state index contributed by atoms with van der Waals surface area (Å²) < 4.78 is 1.99. The first-order valence-corrected chi connectivity index (χ1v) is 10.9. The summed E-state index contributed by atoms with van der Waals surface area (Å²) in [6.07, 6.45) is 3.62. The van der Waals surface area contributed by atoms with Crippen LogP contribution in [-0.2, 0) is 4.79 Å². The van der Waals surface area contributed by atoms with Crippen LogP contribution in [0.2, 0.25) is 5.02 Å². The summed E-state index contributed by atoms with van der Waals surface area (Å²) in [5, 5.41) is 6.70. The summed E-state index contributed by atoms with van der Waals surface area (Å²) in [6, 6.07) is 13.1. The van der Waals surface area contributed by atoms with E-state index in [0.29, 0.717) is 23.7 Å². The highest BCUT2D eigenvalue weighted by Gasteiger charge is 2.12. The predicted molar refractivity (Wildman–Crippen MR) is 121 cm³/mol. The molecule has 0 saturated carbocycles. The Kier molecular flexibility index (Phi) is 7.54. The molecule has 156 valence electrons. The zero-order valence-electron chi connectivity index (χ0n) is 16.8. The molecule has 2 N–H and O–H groups in total. The number of aryl methyl sites for hydroxylation is 2. The number of amides is 2. The number of rotatable bonds is 8. The highest BCUT2D eigenvalue weighted by molar-refractivity contribution is 7.99. The Balaban J connectivity index is 1.46. The van der Waals surface area contributed by atoms with Crippen molar-refractivity contribution >= 4 is 35.2 Å². The molecule has 0 radical (unpaired) electrons. The molecule has 0 saturated heterocycles. The first-order chi connectivity index (χ1) is 14.5. The van der Waals surface area contributed by atoms with E-state index in [0.717, 1.165) is 22.0 Å². The van der Waals surface area contributed by atoms with Crippen LogP contribution < -0.4 is 10.6 Å². The number of carbonyl (C=O) groups excluding carboxylic acids is 2. The molecule has 30 heavy (non-hydrogen) atoms. The van der Waals surface area contributed by atoms with Gasteiger partial charge in [-0.15, -0.1) is 0 Å². The minimum Gasteiger partial charge on any atom is -0.354 e. The maximum Gasteiger partial charge on any atom is 0.252 e. The lowest BCUT2D eigenvalue weighted by Gasteiger charge is -2.11. The van der Waals surface area contributed by atoms with Crippen molar-refractivity contribution in [3.05, 3.63) is 76.6 Å². The van der Waals surface area contributed by atoms with Crippen LogP contribution in [0.3, 0.4) is 0 Å². The molecule has 0 aliphatic heterocycles. The van der Waals surface area contributed by atoms with Gasteiger partial charge in [0.05, 0.1) is 22.0 Å². The third-order valence-corrected chi connectivity index (χ3v) is 5.71. The van der Waals surface area contributed by atoms with Gasteiger partial charge in [-0.2, -0.15) is 0 Å². The molecule has 3 rings (SSSR count). The Labute approximate surface area is 185 Å². The molecule has 2 aromatic carbocycles. The van der Waals surface area contributed by atoms with Crippen LogP contribution in [0.15, 0.2) is 60.0 Å². The van der Waals surface area contributed by atoms with Crippen molar-refractivity contribution in [2.45, 2.75) is 19.0 Å². The molecule has 6 nitrogen and oxygen atoms in total. The van der Waals surface area contributed by atoms with Crippen LogP contribution in [-0.4, -0.2) is 40.2 Å². The van der Waals surface area contributed by atoms with Gasteiger partial charge in [0, 0.05) is 25.5 Å². The lowest BCUT2D eigenvalue weighted by molar-refractivity contribution is -0.118. The fourth-order valence-electron chi connectivity index (χ4n) is 2.86. The molecule has 0 spiro atoms. The zero-order valence-corrected chi connectivity index (χ0v) is 18.4. The fraction of sp³-hybridized carbons (Fsp3) is 0.227. The van der Waals surface area contributed by atoms with Crippen LogP contribution in [0, 0.1) is 13.8 Å². The molecule has 2 amide bonds. The second-order valence-electron chi connectivity index (χ2n) is 6.74. The van der Waals surface area contributed by atoms with Crippen molar-refractivity contribution in [2.24, 2.45) is 0 Å². The number of benzene rings is 2. The second kappa shape index (κ2) is 10.3. The van der Waals surface area contributed by atoms with Crippen LogP contribution >= 0.6 is 23.4 Å². The fourth-order valence-corrected chi connectivity index (χ4v) is 3.88. The maximum atomic E-state index is 12.2. The quantitative estimate of drug-likeness (QED) is 0.411. The molecule has 1 aromatic heterocycles. The summed E-state index contributed by atoms with van der Waals surface area (Å²) in [7, 11) is 0. The van der Waals surface area contributed by atoms with Gasteiger partial charge < -0.3 is 10.6 Å². The van der Waals surface area contributed by atoms with Gasteiger partial charge in [0.15, 0.2) is 5.16 Å². The van der Waals surface area contributed by atoms with Crippen LogP contribution in [0.5, 0.6) is 0 Å². The molecule has 8 heteroatoms. The zero-order chi connectivity index (χ0) is 21.5. The highest BCUT2D eigenvalue weighted by atomic mass is 35.5. The van der Waals surface area contributed by atoms with Gasteiger partial charge in [-0.3, -0.25) is 14.2 Å². The van der Waals surface area contributed by atoms with Gasteiger partial charge in [-0.25, -0.2) is 4.98 Å². The highest BCUT2D eigenvalue weighted by Crippen LogP contribution is 2.23. The van der Waals surface area contributed by atoms with Gasteiger partial charge >= 0.3 is 0 Å². The summed E-state index contributed by atoms with van der Waals surface area (Å²) in [4.78, 5) is 28.6. The second-order valence-corrected chi connectivity index (χ2v) is 8.09. The first-order valence-electron chi connectivity index (χ1n) is 9.49. The average molecular weight is 443 g/mol. The molecule has 0 aliphatic carbocycles. The molecular weight excluding hydrogens is 420 g/mol. The minimum absolute atomic E-state index is 0.123. The number of hydrogen-bond donors (Lipinski definition) is 2. The van der Waals surface area contributed by atoms with E-state index in [4.69, 9.17) is 11.6 Å². The Morgan fingerprint density at radius 1 is 1.10 bits per heavy atom. The number of carbonyl (C=O) groups is 2. The van der Waals surface area contributed by atoms with E-state index in [9.17, 15) is 9.59 Å². The van der Waals surface area contributed by atoms with Crippen molar-refractivity contribution in [1.82, 2.24) is 20.2 Å². The van der Waals surface area contributed by atoms with Gasteiger partial charge in [0.25, 0.3) is 5.91 Å². The number of thioether (sulfide) groups is 1. The SMILES string of the molecule is Cc1ccc(C)c(-n2ccnc2SCC(=O)NCCNC(=O)c2ccccc2Cl)c1. The average Bonchev–Trinajstić information content (AvgIpc) is 3.20. The first kappa shape index (κ1) is 21.9. The van der Waals surface area contributed by atoms with E-state index in [1.807, 2.05) is 24.6 Å². The number of halogens is 1. The smallest absolute Gasteiger partial charge is 0.252 e. The normalized spacial score (nSPS) is 10.6. The van der Waals surface area contributed by atoms with Crippen molar-refractivity contribution in [3.8, 4) is 5.69 Å². The summed E-state index contributed by atoms with van der Waals surface area (Å²) in [5.41, 5.74) is 3.77. The van der Waals surface area contributed by atoms with Crippen molar-refractivity contribution < 1.29 is 9.59 Å². The summed E-state index contributed by atoms with van der Waals surface area (Å²) >= 11 is 7.38. The molecule has 0 fully saturated rings. The topological polar surface area (TPSA) is 76.0 Å². The Bertz CT molecular complexity index is 1050. The Morgan fingerprint density at radius 2 is 1.87 bits per heavy atom. The molecule has 0 bridgehead atoms. The molecule has 3 aromatic rings. The van der Waals surface area contributed by atoms with Gasteiger partial charge in [-0.1, -0.05) is 47.6 Å². The molecule has 0 unspecified atom stereocenters. The standard InChI is InChI=1S/C22H23ClN4O2S/c1-15-7-8-16(2)19(13-15)27-12-11-26-22(27)30-14-20(28)24-9-10-25-21(29)17-5-3-4-6-18(17)23/h3-8,11-13H,9-10,14H2,1-2H3,(H,24,28)(H,25,29). The third-order valence-electron chi connectivity index (χ3n) is 4.41. The van der Waals surface area contributed by atoms with Crippen LogP contribution in [0.1, 0.15) is 21.5 Å². The van der Waals surface area contributed by atoms with E-state index in [1.165, 1.54) is 11.8 Å². The lowest BCUT2D eigenvalue weighted by atomic mass is 10.1.